The van der Waals surface area contributed by atoms with Gasteiger partial charge >= 0.3 is 12.1 Å². The van der Waals surface area contributed by atoms with Crippen LogP contribution in [-0.2, 0) is 25.8 Å². The van der Waals surface area contributed by atoms with Crippen LogP contribution in [0.1, 0.15) is 53.1 Å². The number of nitrogens with two attached hydrogens (primary N) is 1. The van der Waals surface area contributed by atoms with E-state index in [0.29, 0.717) is 43.1 Å². The Balaban J connectivity index is 0.000000616. The number of piperidine rings is 1. The molecule has 2 saturated heterocycles. The minimum atomic E-state index is -5.08. The van der Waals surface area contributed by atoms with Gasteiger partial charge in [0, 0.05) is 43.5 Å². The van der Waals surface area contributed by atoms with Gasteiger partial charge in [-0.1, -0.05) is 42.5 Å². The Labute approximate surface area is 243 Å². The molecule has 13 heteroatoms. The van der Waals surface area contributed by atoms with Crippen molar-refractivity contribution in [3.05, 3.63) is 71.3 Å². The molecular weight excluding hydrogens is 575 g/mol. The normalized spacial score (nSPS) is 20.3. The summed E-state index contributed by atoms with van der Waals surface area (Å²) in [4.78, 5) is 37.6. The average molecular weight is 612 g/mol. The van der Waals surface area contributed by atoms with Gasteiger partial charge in [0.05, 0.1) is 0 Å². The van der Waals surface area contributed by atoms with E-state index in [1.165, 1.54) is 5.56 Å². The molecule has 1 unspecified atom stereocenters. The Morgan fingerprint density at radius 2 is 1.60 bits per heavy atom. The van der Waals surface area contributed by atoms with Gasteiger partial charge in [0.25, 0.3) is 0 Å². The van der Waals surface area contributed by atoms with Gasteiger partial charge in [-0.2, -0.15) is 13.2 Å². The van der Waals surface area contributed by atoms with Crippen molar-refractivity contribution in [2.24, 2.45) is 5.73 Å². The van der Waals surface area contributed by atoms with Crippen LogP contribution in [0, 0.1) is 0 Å². The van der Waals surface area contributed by atoms with Crippen LogP contribution >= 0.6 is 0 Å². The monoisotopic (exact) mass is 611 g/mol. The van der Waals surface area contributed by atoms with Gasteiger partial charge in [0.2, 0.25) is 11.8 Å². The molecule has 2 bridgehead atoms. The number of carboxylic acid groups (broad SMARTS) is 1. The number of benzene rings is 2. The van der Waals surface area contributed by atoms with Crippen LogP contribution in [0.3, 0.4) is 0 Å². The molecule has 0 spiro atoms. The third-order valence-corrected chi connectivity index (χ3v) is 8.42. The van der Waals surface area contributed by atoms with E-state index in [1.807, 2.05) is 42.5 Å². The van der Waals surface area contributed by atoms with Gasteiger partial charge in [-0.3, -0.25) is 14.5 Å². The highest BCUT2D eigenvalue weighted by molar-refractivity contribution is 7.91. The highest BCUT2D eigenvalue weighted by Crippen LogP contribution is 2.43. The minimum Gasteiger partial charge on any atom is -0.475 e. The van der Waals surface area contributed by atoms with E-state index in [0.717, 1.165) is 44.0 Å². The zero-order valence-corrected chi connectivity index (χ0v) is 24.1. The van der Waals surface area contributed by atoms with Crippen LogP contribution in [0.5, 0.6) is 0 Å². The van der Waals surface area contributed by atoms with Gasteiger partial charge in [0.1, 0.15) is 5.75 Å². The lowest BCUT2D eigenvalue weighted by Crippen LogP contribution is -2.48. The Kier molecular flexibility index (Phi) is 11.1. The molecule has 4 rings (SSSR count). The van der Waals surface area contributed by atoms with Crippen LogP contribution < -0.4 is 5.73 Å². The number of carbonyl (C=O) groups excluding carboxylic acids is 2. The van der Waals surface area contributed by atoms with Gasteiger partial charge in [-0.25, -0.2) is 13.2 Å². The highest BCUT2D eigenvalue weighted by atomic mass is 32.2. The lowest BCUT2D eigenvalue weighted by Gasteiger charge is -2.40. The standard InChI is InChI=1S/C27H35N3O4S.C2HF3O2/c1-35(33,34)19-26(31)29(13-12-20-6-3-2-4-7-20)14-15-30-24-10-11-25(30)18-23(17-24)21-8-5-9-22(16-21)27(28)32;3-2(4,5)1(6)7/h2-9,16,23-25H,10-15,17-19H2,1H3,(H2,28,32);(H,6,7)/t23?,24-,25+;. The summed E-state index contributed by atoms with van der Waals surface area (Å²) < 4.78 is 55.3. The maximum absolute atomic E-state index is 12.8. The molecular formula is C29H36F3N3O6S. The number of primary amides is 1. The number of hydrogen-bond acceptors (Lipinski definition) is 6. The molecule has 230 valence electrons. The molecule has 3 atom stereocenters. The molecule has 2 aliphatic rings. The fraction of sp³-hybridized carbons (Fsp3) is 0.483. The second kappa shape index (κ2) is 14.1. The molecule has 2 aliphatic heterocycles. The largest absolute Gasteiger partial charge is 0.490 e. The molecule has 0 aliphatic carbocycles. The Bertz CT molecular complexity index is 1340. The number of rotatable bonds is 10. The first-order valence-corrected chi connectivity index (χ1v) is 15.6. The van der Waals surface area contributed by atoms with Crippen molar-refractivity contribution in [1.29, 1.82) is 0 Å². The van der Waals surface area contributed by atoms with Gasteiger partial charge in [0.15, 0.2) is 9.84 Å². The second-order valence-electron chi connectivity index (χ2n) is 10.8. The number of carboxylic acids is 1. The van der Waals surface area contributed by atoms with Crippen LogP contribution in [0.25, 0.3) is 0 Å². The maximum Gasteiger partial charge on any atom is 0.490 e. The molecule has 0 aromatic heterocycles. The SMILES string of the molecule is CS(=O)(=O)CC(=O)N(CCc1ccccc1)CCN1[C@@H]2CC[C@H]1CC(c1cccc(C(N)=O)c1)C2.O=C(O)C(F)(F)F. The zero-order valence-electron chi connectivity index (χ0n) is 23.3. The number of halogens is 3. The van der Waals surface area contributed by atoms with E-state index in [1.54, 1.807) is 11.0 Å². The van der Waals surface area contributed by atoms with Crippen molar-refractivity contribution in [3.63, 3.8) is 0 Å². The number of aliphatic carboxylic acids is 1. The fourth-order valence-corrected chi connectivity index (χ4v) is 6.31. The third kappa shape index (κ3) is 9.83. The van der Waals surface area contributed by atoms with Crippen molar-refractivity contribution in [1.82, 2.24) is 9.80 Å². The van der Waals surface area contributed by atoms with E-state index in [9.17, 15) is 31.2 Å². The summed E-state index contributed by atoms with van der Waals surface area (Å²) in [6.45, 7) is 1.77. The predicted octanol–water partition coefficient (Wildman–Crippen LogP) is 3.25. The quantitative estimate of drug-likeness (QED) is 0.421. The Morgan fingerprint density at radius 1 is 1.00 bits per heavy atom. The van der Waals surface area contributed by atoms with Crippen LogP contribution in [0.2, 0.25) is 0 Å². The van der Waals surface area contributed by atoms with Crippen LogP contribution in [0.15, 0.2) is 54.6 Å². The molecule has 2 aromatic carbocycles. The lowest BCUT2D eigenvalue weighted by atomic mass is 9.84. The summed E-state index contributed by atoms with van der Waals surface area (Å²) in [7, 11) is -3.39. The number of hydrogen-bond donors (Lipinski definition) is 2. The molecule has 2 heterocycles. The molecule has 0 saturated carbocycles. The summed E-state index contributed by atoms with van der Waals surface area (Å²) in [5.74, 6) is -3.54. The molecule has 42 heavy (non-hydrogen) atoms. The number of fused-ring (bicyclic) bond motifs is 2. The van der Waals surface area contributed by atoms with Crippen LogP contribution in [-0.4, -0.2) is 91.0 Å². The number of amides is 2. The van der Waals surface area contributed by atoms with Crippen molar-refractivity contribution < 1.29 is 41.1 Å². The zero-order chi connectivity index (χ0) is 31.1. The van der Waals surface area contributed by atoms with E-state index >= 15 is 0 Å². The van der Waals surface area contributed by atoms with E-state index in [-0.39, 0.29) is 5.91 Å². The number of carbonyl (C=O) groups is 3. The summed E-state index contributed by atoms with van der Waals surface area (Å²) in [6, 6.07) is 18.5. The van der Waals surface area contributed by atoms with Crippen molar-refractivity contribution >= 4 is 27.6 Å². The number of sulfone groups is 1. The fourth-order valence-electron chi connectivity index (χ4n) is 5.68. The van der Waals surface area contributed by atoms with Crippen LogP contribution in [0.4, 0.5) is 13.2 Å². The predicted molar refractivity (Wildman–Crippen MR) is 151 cm³/mol. The first-order valence-electron chi connectivity index (χ1n) is 13.6. The second-order valence-corrected chi connectivity index (χ2v) is 12.9. The van der Waals surface area contributed by atoms with Gasteiger partial charge in [-0.15, -0.1) is 0 Å². The number of alkyl halides is 3. The molecule has 9 nitrogen and oxygen atoms in total. The smallest absolute Gasteiger partial charge is 0.475 e. The number of nitrogens with zero attached hydrogens (tertiary/aromatic N) is 2. The Morgan fingerprint density at radius 3 is 2.12 bits per heavy atom. The van der Waals surface area contributed by atoms with E-state index in [2.05, 4.69) is 11.0 Å². The van der Waals surface area contributed by atoms with E-state index in [4.69, 9.17) is 15.6 Å². The summed E-state index contributed by atoms with van der Waals surface area (Å²) in [5.41, 5.74) is 8.33. The Hall–Kier alpha value is -3.45. The highest BCUT2D eigenvalue weighted by Gasteiger charge is 2.41. The van der Waals surface area contributed by atoms with Crippen molar-refractivity contribution in [2.45, 2.75) is 56.3 Å². The first kappa shape index (κ1) is 33.1. The minimum absolute atomic E-state index is 0.325. The molecule has 2 aromatic rings. The van der Waals surface area contributed by atoms with Gasteiger partial charge < -0.3 is 15.7 Å². The average Bonchev–Trinajstić information content (AvgIpc) is 3.14. The van der Waals surface area contributed by atoms with E-state index < -0.39 is 33.6 Å². The molecule has 2 amide bonds. The van der Waals surface area contributed by atoms with Crippen molar-refractivity contribution in [2.75, 3.05) is 31.6 Å². The summed E-state index contributed by atoms with van der Waals surface area (Å²) in [6.07, 6.45) is 0.996. The molecule has 3 N–H and O–H groups in total. The third-order valence-electron chi connectivity index (χ3n) is 7.65. The molecule has 0 radical (unpaired) electrons. The molecule has 2 fully saturated rings. The first-order chi connectivity index (χ1) is 19.6. The maximum atomic E-state index is 12.8. The van der Waals surface area contributed by atoms with Gasteiger partial charge in [-0.05, 0) is 61.3 Å². The summed E-state index contributed by atoms with van der Waals surface area (Å²) in [5, 5.41) is 7.12. The summed E-state index contributed by atoms with van der Waals surface area (Å²) >= 11 is 0. The topological polar surface area (TPSA) is 138 Å². The van der Waals surface area contributed by atoms with Crippen molar-refractivity contribution in [3.8, 4) is 0 Å². The lowest BCUT2D eigenvalue weighted by molar-refractivity contribution is -0.192.